The standard InChI is InChI=1S/C11H14N4S/c1-2-7-15-10(3-1)13-14-11(15)16-8-6-12-9-4-5-9/h1-3,7,9,12H,4-6,8H2. The first-order chi connectivity index (χ1) is 7.93. The fraction of sp³-hybridized carbons (Fsp3) is 0.455. The van der Waals surface area contributed by atoms with E-state index in [9.17, 15) is 0 Å². The van der Waals surface area contributed by atoms with Crippen molar-refractivity contribution in [1.82, 2.24) is 19.9 Å². The Bertz CT molecular complexity index is 478. The zero-order chi connectivity index (χ0) is 10.8. The lowest BCUT2D eigenvalue weighted by Crippen LogP contribution is -2.19. The molecular weight excluding hydrogens is 220 g/mol. The second-order valence-electron chi connectivity index (χ2n) is 3.99. The lowest BCUT2D eigenvalue weighted by atomic mass is 10.5. The quantitative estimate of drug-likeness (QED) is 0.630. The van der Waals surface area contributed by atoms with Crippen LogP contribution in [-0.4, -0.2) is 32.9 Å². The van der Waals surface area contributed by atoms with Crippen molar-refractivity contribution in [3.05, 3.63) is 24.4 Å². The monoisotopic (exact) mass is 234 g/mol. The molecule has 0 bridgehead atoms. The highest BCUT2D eigenvalue weighted by atomic mass is 32.2. The molecule has 0 amide bonds. The summed E-state index contributed by atoms with van der Waals surface area (Å²) in [5, 5.41) is 12.8. The van der Waals surface area contributed by atoms with Gasteiger partial charge in [0.1, 0.15) is 0 Å². The summed E-state index contributed by atoms with van der Waals surface area (Å²) in [6.07, 6.45) is 4.70. The molecule has 4 nitrogen and oxygen atoms in total. The predicted octanol–water partition coefficient (Wildman–Crippen LogP) is 1.57. The molecule has 1 aliphatic carbocycles. The van der Waals surface area contributed by atoms with Crippen molar-refractivity contribution in [2.75, 3.05) is 12.3 Å². The fourth-order valence-electron chi connectivity index (χ4n) is 1.61. The number of aromatic nitrogens is 3. The highest BCUT2D eigenvalue weighted by Gasteiger charge is 2.19. The van der Waals surface area contributed by atoms with Gasteiger partial charge in [0.25, 0.3) is 0 Å². The third kappa shape index (κ3) is 2.20. The van der Waals surface area contributed by atoms with E-state index in [2.05, 4.69) is 15.5 Å². The number of thioether (sulfide) groups is 1. The number of pyridine rings is 1. The van der Waals surface area contributed by atoms with E-state index in [1.807, 2.05) is 28.8 Å². The van der Waals surface area contributed by atoms with Crippen LogP contribution >= 0.6 is 11.8 Å². The summed E-state index contributed by atoms with van der Waals surface area (Å²) >= 11 is 1.75. The molecule has 0 radical (unpaired) electrons. The van der Waals surface area contributed by atoms with Crippen LogP contribution in [0.25, 0.3) is 5.65 Å². The molecule has 2 heterocycles. The number of nitrogens with one attached hydrogen (secondary N) is 1. The van der Waals surface area contributed by atoms with Gasteiger partial charge in [0.2, 0.25) is 0 Å². The van der Waals surface area contributed by atoms with Gasteiger partial charge in [-0.2, -0.15) is 0 Å². The van der Waals surface area contributed by atoms with Crippen molar-refractivity contribution in [2.45, 2.75) is 24.0 Å². The second-order valence-corrected chi connectivity index (χ2v) is 5.05. The molecule has 2 aromatic heterocycles. The maximum Gasteiger partial charge on any atom is 0.195 e. The van der Waals surface area contributed by atoms with Crippen LogP contribution in [0, 0.1) is 0 Å². The molecule has 0 atom stereocenters. The fourth-order valence-corrected chi connectivity index (χ4v) is 2.41. The summed E-state index contributed by atoms with van der Waals surface area (Å²) in [5.41, 5.74) is 0.917. The minimum atomic E-state index is 0.788. The van der Waals surface area contributed by atoms with Gasteiger partial charge in [0, 0.05) is 24.5 Å². The Hall–Kier alpha value is -1.07. The summed E-state index contributed by atoms with van der Waals surface area (Å²) in [6, 6.07) is 6.74. The second kappa shape index (κ2) is 4.43. The molecular formula is C11H14N4S. The van der Waals surface area contributed by atoms with Crippen LogP contribution in [0.4, 0.5) is 0 Å². The molecule has 5 heteroatoms. The lowest BCUT2D eigenvalue weighted by molar-refractivity contribution is 0.725. The van der Waals surface area contributed by atoms with Crippen LogP contribution in [0.2, 0.25) is 0 Å². The summed E-state index contributed by atoms with van der Waals surface area (Å²) in [7, 11) is 0. The molecule has 0 unspecified atom stereocenters. The molecule has 0 saturated heterocycles. The van der Waals surface area contributed by atoms with Crippen LogP contribution < -0.4 is 5.32 Å². The smallest absolute Gasteiger partial charge is 0.195 e. The lowest BCUT2D eigenvalue weighted by Gasteiger charge is -2.01. The summed E-state index contributed by atoms with van der Waals surface area (Å²) in [5.74, 6) is 1.05. The van der Waals surface area contributed by atoms with E-state index >= 15 is 0 Å². The van der Waals surface area contributed by atoms with E-state index < -0.39 is 0 Å². The Morgan fingerprint density at radius 2 is 2.31 bits per heavy atom. The van der Waals surface area contributed by atoms with E-state index in [-0.39, 0.29) is 0 Å². The summed E-state index contributed by atoms with van der Waals surface area (Å²) in [6.45, 7) is 1.05. The van der Waals surface area contributed by atoms with Crippen molar-refractivity contribution < 1.29 is 0 Å². The van der Waals surface area contributed by atoms with Crippen LogP contribution in [0.3, 0.4) is 0 Å². The first-order valence-corrected chi connectivity index (χ1v) is 6.58. The molecule has 1 saturated carbocycles. The topological polar surface area (TPSA) is 42.2 Å². The maximum atomic E-state index is 4.18. The third-order valence-electron chi connectivity index (χ3n) is 2.63. The molecule has 1 N–H and O–H groups in total. The van der Waals surface area contributed by atoms with Crippen molar-refractivity contribution >= 4 is 17.4 Å². The zero-order valence-electron chi connectivity index (χ0n) is 8.97. The minimum absolute atomic E-state index is 0.788. The zero-order valence-corrected chi connectivity index (χ0v) is 9.78. The predicted molar refractivity (Wildman–Crippen MR) is 64.7 cm³/mol. The number of fused-ring (bicyclic) bond motifs is 1. The van der Waals surface area contributed by atoms with Gasteiger partial charge < -0.3 is 5.32 Å². The highest BCUT2D eigenvalue weighted by Crippen LogP contribution is 2.19. The molecule has 0 aliphatic heterocycles. The van der Waals surface area contributed by atoms with Gasteiger partial charge in [-0.3, -0.25) is 4.40 Å². The van der Waals surface area contributed by atoms with Gasteiger partial charge in [-0.15, -0.1) is 10.2 Å². The van der Waals surface area contributed by atoms with Gasteiger partial charge in [-0.1, -0.05) is 17.8 Å². The number of nitrogens with zero attached hydrogens (tertiary/aromatic N) is 3. The molecule has 16 heavy (non-hydrogen) atoms. The van der Waals surface area contributed by atoms with Gasteiger partial charge in [-0.05, 0) is 25.0 Å². The molecule has 84 valence electrons. The van der Waals surface area contributed by atoms with Gasteiger partial charge in [0.05, 0.1) is 0 Å². The Morgan fingerprint density at radius 3 is 3.19 bits per heavy atom. The molecule has 0 aromatic carbocycles. The van der Waals surface area contributed by atoms with Gasteiger partial charge >= 0.3 is 0 Å². The van der Waals surface area contributed by atoms with E-state index in [4.69, 9.17) is 0 Å². The highest BCUT2D eigenvalue weighted by molar-refractivity contribution is 7.99. The van der Waals surface area contributed by atoms with Crippen LogP contribution in [0.5, 0.6) is 0 Å². The average Bonchev–Trinajstić information content (AvgIpc) is 3.05. The van der Waals surface area contributed by atoms with Crippen LogP contribution in [0.1, 0.15) is 12.8 Å². The van der Waals surface area contributed by atoms with Gasteiger partial charge in [0.15, 0.2) is 10.8 Å². The SMILES string of the molecule is c1ccn2c(SCCNC3CC3)nnc2c1. The van der Waals surface area contributed by atoms with Crippen molar-refractivity contribution in [2.24, 2.45) is 0 Å². The molecule has 3 rings (SSSR count). The summed E-state index contributed by atoms with van der Waals surface area (Å²) < 4.78 is 2.03. The third-order valence-corrected chi connectivity index (χ3v) is 3.57. The van der Waals surface area contributed by atoms with E-state index in [0.717, 1.165) is 29.1 Å². The molecule has 1 fully saturated rings. The first-order valence-electron chi connectivity index (χ1n) is 5.59. The number of hydrogen-bond donors (Lipinski definition) is 1. The van der Waals surface area contributed by atoms with Crippen molar-refractivity contribution in [1.29, 1.82) is 0 Å². The largest absolute Gasteiger partial charge is 0.313 e. The Morgan fingerprint density at radius 1 is 1.38 bits per heavy atom. The van der Waals surface area contributed by atoms with E-state index in [1.54, 1.807) is 11.8 Å². The minimum Gasteiger partial charge on any atom is -0.313 e. The van der Waals surface area contributed by atoms with E-state index in [0.29, 0.717) is 0 Å². The number of rotatable bonds is 5. The maximum absolute atomic E-state index is 4.18. The molecule has 0 spiro atoms. The normalized spacial score (nSPS) is 15.8. The molecule has 1 aliphatic rings. The summed E-state index contributed by atoms with van der Waals surface area (Å²) in [4.78, 5) is 0. The average molecular weight is 234 g/mol. The Kier molecular flexibility index (Phi) is 2.80. The van der Waals surface area contributed by atoms with Crippen molar-refractivity contribution in [3.8, 4) is 0 Å². The van der Waals surface area contributed by atoms with Gasteiger partial charge in [-0.25, -0.2) is 0 Å². The van der Waals surface area contributed by atoms with Crippen LogP contribution in [0.15, 0.2) is 29.6 Å². The Labute approximate surface area is 98.4 Å². The van der Waals surface area contributed by atoms with Crippen LogP contribution in [-0.2, 0) is 0 Å². The molecule has 2 aromatic rings. The van der Waals surface area contributed by atoms with Crippen molar-refractivity contribution in [3.63, 3.8) is 0 Å². The first kappa shape index (κ1) is 10.1. The number of hydrogen-bond acceptors (Lipinski definition) is 4. The van der Waals surface area contributed by atoms with E-state index in [1.165, 1.54) is 12.8 Å². The Balaban J connectivity index is 1.60.